The highest BCUT2D eigenvalue weighted by Crippen LogP contribution is 2.42. The van der Waals surface area contributed by atoms with Crippen molar-refractivity contribution in [2.75, 3.05) is 58.1 Å². The van der Waals surface area contributed by atoms with E-state index < -0.39 is 35.0 Å². The Labute approximate surface area is 306 Å². The van der Waals surface area contributed by atoms with E-state index in [0.29, 0.717) is 54.9 Å². The molecular weight excluding hydrogens is 689 g/mol. The van der Waals surface area contributed by atoms with Crippen molar-refractivity contribution in [3.63, 3.8) is 0 Å². The van der Waals surface area contributed by atoms with Gasteiger partial charge in [-0.1, -0.05) is 12.0 Å². The number of aromatic nitrogens is 3. The molecule has 3 saturated heterocycles. The highest BCUT2D eigenvalue weighted by Gasteiger charge is 2.49. The number of carbonyl (C=O) groups excluding carboxylic acids is 1. The minimum absolute atomic E-state index is 0.0516. The van der Waals surface area contributed by atoms with Crippen LogP contribution in [0.2, 0.25) is 0 Å². The Morgan fingerprint density at radius 1 is 1.11 bits per heavy atom. The van der Waals surface area contributed by atoms with Crippen LogP contribution in [0.5, 0.6) is 11.8 Å². The number of fused-ring (bicyclic) bond motifs is 3. The molecule has 0 bridgehead atoms. The van der Waals surface area contributed by atoms with E-state index in [4.69, 9.17) is 30.4 Å². The molecule has 3 atom stereocenters. The number of alkyl halides is 1. The van der Waals surface area contributed by atoms with Gasteiger partial charge in [-0.15, -0.1) is 6.42 Å². The van der Waals surface area contributed by atoms with Gasteiger partial charge >= 0.3 is 12.1 Å². The molecule has 7 rings (SSSR count). The number of nitrogens with zero attached hydrogens (tertiary/aromatic N) is 6. The predicted octanol–water partition coefficient (Wildman–Crippen LogP) is 6.49. The van der Waals surface area contributed by atoms with Gasteiger partial charge in [0.05, 0.1) is 16.5 Å². The van der Waals surface area contributed by atoms with Gasteiger partial charge in [0.1, 0.15) is 47.0 Å². The topological polar surface area (TPSA) is 102 Å². The first-order valence-electron chi connectivity index (χ1n) is 17.8. The summed E-state index contributed by atoms with van der Waals surface area (Å²) < 4.78 is 69.6. The monoisotopic (exact) mass is 732 g/mol. The molecule has 280 valence electrons. The maximum absolute atomic E-state index is 17.2. The van der Waals surface area contributed by atoms with E-state index in [1.807, 2.05) is 32.6 Å². The number of amides is 1. The summed E-state index contributed by atoms with van der Waals surface area (Å²) in [7, 11) is 1.47. The molecule has 0 aliphatic carbocycles. The first-order valence-corrected chi connectivity index (χ1v) is 17.8. The molecule has 3 aliphatic rings. The number of ether oxygens (including phenoxy) is 4. The van der Waals surface area contributed by atoms with Crippen molar-refractivity contribution in [1.29, 1.82) is 0 Å². The van der Waals surface area contributed by atoms with Crippen molar-refractivity contribution in [3.05, 3.63) is 47.7 Å². The van der Waals surface area contributed by atoms with Gasteiger partial charge in [-0.2, -0.15) is 9.97 Å². The van der Waals surface area contributed by atoms with Gasteiger partial charge in [0, 0.05) is 62.9 Å². The summed E-state index contributed by atoms with van der Waals surface area (Å²) in [5, 5.41) is 1.10. The predicted molar refractivity (Wildman–Crippen MR) is 194 cm³/mol. The number of rotatable bonds is 8. The Bertz CT molecular complexity index is 2100. The first-order chi connectivity index (χ1) is 25.3. The second-order valence-electron chi connectivity index (χ2n) is 15.0. The summed E-state index contributed by atoms with van der Waals surface area (Å²) in [5.41, 5.74) is -1.22. The van der Waals surface area contributed by atoms with Gasteiger partial charge in [0.15, 0.2) is 12.6 Å². The zero-order chi connectivity index (χ0) is 37.7. The van der Waals surface area contributed by atoms with Crippen LogP contribution in [0.25, 0.3) is 32.9 Å². The van der Waals surface area contributed by atoms with Crippen LogP contribution < -0.4 is 14.4 Å². The van der Waals surface area contributed by atoms with Gasteiger partial charge in [-0.3, -0.25) is 9.88 Å². The second kappa shape index (κ2) is 14.2. The molecule has 3 fully saturated rings. The lowest BCUT2D eigenvalue weighted by molar-refractivity contribution is 0.0218. The van der Waals surface area contributed by atoms with Crippen molar-refractivity contribution in [2.45, 2.75) is 70.3 Å². The van der Waals surface area contributed by atoms with Crippen LogP contribution in [0.15, 0.2) is 30.5 Å². The molecule has 14 heteroatoms. The highest BCUT2D eigenvalue weighted by molar-refractivity contribution is 6.03. The first kappa shape index (κ1) is 36.5. The van der Waals surface area contributed by atoms with Crippen molar-refractivity contribution in [3.8, 4) is 35.4 Å². The minimum atomic E-state index is -0.962. The SMILES string of the molecule is C#Cc1c(F)ccc2cc(OCOC)cc(-c3ncc4c(N5CCN(C(=O)OC(C)(C)C)C[C@@H]5C)nc(OC[C@@]56CCCN5C[C@H](F)C6)nc4c3F)c12. The molecule has 5 heterocycles. The molecule has 0 N–H and O–H groups in total. The Kier molecular flexibility index (Phi) is 9.75. The van der Waals surface area contributed by atoms with Crippen LogP contribution in [0.3, 0.4) is 0 Å². The molecule has 1 amide bonds. The van der Waals surface area contributed by atoms with Gasteiger partial charge < -0.3 is 28.7 Å². The summed E-state index contributed by atoms with van der Waals surface area (Å²) in [4.78, 5) is 32.6. The number of piperazine rings is 1. The van der Waals surface area contributed by atoms with E-state index in [1.54, 1.807) is 11.0 Å². The van der Waals surface area contributed by atoms with Crippen LogP contribution in [-0.4, -0.2) is 107 Å². The normalized spacial score (nSPS) is 21.9. The standard InChI is InChI=1S/C39H43F3N6O5/c1-7-27-30(41)10-9-24-15-26(52-22-50-6)16-28(31(24)27)33-32(42)34-29(18-43-33)35(48-14-13-46(19-23(48)2)37(49)53-38(3,4)5)45-36(44-34)51-21-39-11-8-12-47(39)20-25(40)17-39/h1,9-10,15-16,18,23,25H,8,11-14,17,19-22H2,2-6H3/t23-,25+,39-/m0/s1. The zero-order valence-electron chi connectivity index (χ0n) is 30.5. The lowest BCUT2D eigenvalue weighted by Crippen LogP contribution is -2.55. The maximum atomic E-state index is 17.2. The van der Waals surface area contributed by atoms with E-state index in [0.717, 1.165) is 19.4 Å². The lowest BCUT2D eigenvalue weighted by atomic mass is 9.95. The van der Waals surface area contributed by atoms with Crippen molar-refractivity contribution in [1.82, 2.24) is 24.8 Å². The molecule has 0 spiro atoms. The highest BCUT2D eigenvalue weighted by atomic mass is 19.1. The number of anilines is 1. The third kappa shape index (κ3) is 7.00. The summed E-state index contributed by atoms with van der Waals surface area (Å²) >= 11 is 0. The fraction of sp³-hybridized carbons (Fsp3) is 0.487. The van der Waals surface area contributed by atoms with E-state index in [1.165, 1.54) is 31.5 Å². The largest absolute Gasteiger partial charge is 0.468 e. The Balaban J connectivity index is 1.34. The summed E-state index contributed by atoms with van der Waals surface area (Å²) in [5.74, 6) is 1.66. The van der Waals surface area contributed by atoms with Crippen LogP contribution in [0.4, 0.5) is 23.8 Å². The van der Waals surface area contributed by atoms with Crippen LogP contribution >= 0.6 is 0 Å². The quantitative estimate of drug-likeness (QED) is 0.148. The van der Waals surface area contributed by atoms with E-state index in [9.17, 15) is 9.18 Å². The average molecular weight is 733 g/mol. The van der Waals surface area contributed by atoms with Gasteiger partial charge in [-0.25, -0.2) is 18.0 Å². The van der Waals surface area contributed by atoms with Crippen LogP contribution in [0.1, 0.15) is 52.5 Å². The van der Waals surface area contributed by atoms with E-state index in [2.05, 4.69) is 20.8 Å². The number of pyridine rings is 1. The van der Waals surface area contributed by atoms with Gasteiger partial charge in [0.25, 0.3) is 0 Å². The molecule has 0 unspecified atom stereocenters. The number of hydrogen-bond acceptors (Lipinski definition) is 10. The molecule has 0 radical (unpaired) electrons. The number of hydrogen-bond donors (Lipinski definition) is 0. The summed E-state index contributed by atoms with van der Waals surface area (Å²) in [6.45, 7) is 9.55. The Hall–Kier alpha value is -4.87. The zero-order valence-corrected chi connectivity index (χ0v) is 30.5. The molecule has 0 saturated carbocycles. The van der Waals surface area contributed by atoms with Crippen molar-refractivity contribution >= 4 is 33.6 Å². The summed E-state index contributed by atoms with van der Waals surface area (Å²) in [6, 6.07) is 5.64. The molecular formula is C39H43F3N6O5. The fourth-order valence-corrected chi connectivity index (χ4v) is 7.86. The number of benzene rings is 2. The van der Waals surface area contributed by atoms with E-state index in [-0.39, 0.29) is 53.2 Å². The van der Waals surface area contributed by atoms with E-state index >= 15 is 8.78 Å². The number of terminal acetylenes is 1. The molecule has 53 heavy (non-hydrogen) atoms. The maximum Gasteiger partial charge on any atom is 0.410 e. The number of halogens is 3. The Morgan fingerprint density at radius 2 is 1.92 bits per heavy atom. The molecule has 11 nitrogen and oxygen atoms in total. The molecule has 2 aromatic heterocycles. The smallest absolute Gasteiger partial charge is 0.410 e. The minimum Gasteiger partial charge on any atom is -0.468 e. The van der Waals surface area contributed by atoms with Gasteiger partial charge in [-0.05, 0) is 70.7 Å². The number of methoxy groups -OCH3 is 1. The van der Waals surface area contributed by atoms with Crippen LogP contribution in [0, 0.1) is 24.0 Å². The summed E-state index contributed by atoms with van der Waals surface area (Å²) in [6.07, 6.45) is 7.89. The fourth-order valence-electron chi connectivity index (χ4n) is 7.86. The third-order valence-corrected chi connectivity index (χ3v) is 10.2. The molecule has 3 aliphatic heterocycles. The third-order valence-electron chi connectivity index (χ3n) is 10.2. The van der Waals surface area contributed by atoms with Crippen molar-refractivity contribution in [2.24, 2.45) is 0 Å². The van der Waals surface area contributed by atoms with Crippen LogP contribution in [-0.2, 0) is 9.47 Å². The molecule has 4 aromatic rings. The van der Waals surface area contributed by atoms with Gasteiger partial charge in [0.2, 0.25) is 0 Å². The molecule has 2 aromatic carbocycles. The Morgan fingerprint density at radius 3 is 2.66 bits per heavy atom. The average Bonchev–Trinajstić information content (AvgIpc) is 3.64. The van der Waals surface area contributed by atoms with Crippen molar-refractivity contribution < 1.29 is 36.9 Å². The second-order valence-corrected chi connectivity index (χ2v) is 15.0. The number of carbonyl (C=O) groups is 1. The lowest BCUT2D eigenvalue weighted by Gasteiger charge is -2.41.